The van der Waals surface area contributed by atoms with Crippen LogP contribution in [0.25, 0.3) is 0 Å². The fraction of sp³-hybridized carbons (Fsp3) is 0.370. The molecule has 4 rings (SSSR count). The van der Waals surface area contributed by atoms with Gasteiger partial charge in [0, 0.05) is 42.5 Å². The first kappa shape index (κ1) is 30.3. The third kappa shape index (κ3) is 6.18. The molecule has 3 atom stereocenters. The Morgan fingerprint density at radius 3 is 2.51 bits per heavy atom. The average Bonchev–Trinajstić information content (AvgIpc) is 2.93. The number of carbonyl (C=O) groups excluding carboxylic acids is 3. The van der Waals surface area contributed by atoms with E-state index in [4.69, 9.17) is 28.9 Å². The van der Waals surface area contributed by atoms with Crippen LogP contribution < -0.4 is 11.1 Å². The molecule has 0 fully saturated rings. The van der Waals surface area contributed by atoms with Crippen molar-refractivity contribution >= 4 is 46.6 Å². The van der Waals surface area contributed by atoms with Gasteiger partial charge in [0.15, 0.2) is 0 Å². The first-order valence-electron chi connectivity index (χ1n) is 12.6. The van der Waals surface area contributed by atoms with Crippen LogP contribution >= 0.6 is 23.2 Å². The van der Waals surface area contributed by atoms with Gasteiger partial charge in [0.25, 0.3) is 11.8 Å². The molecule has 1 unspecified atom stereocenters. The number of amides is 3. The summed E-state index contributed by atoms with van der Waals surface area (Å²) in [4.78, 5) is 50.6. The summed E-state index contributed by atoms with van der Waals surface area (Å²) in [6.07, 6.45) is -3.45. The van der Waals surface area contributed by atoms with Gasteiger partial charge in [0.05, 0.1) is 29.2 Å². The largest absolute Gasteiger partial charge is 0.433 e. The van der Waals surface area contributed by atoms with Crippen molar-refractivity contribution in [3.63, 3.8) is 0 Å². The number of halogens is 5. The van der Waals surface area contributed by atoms with E-state index in [1.165, 1.54) is 41.1 Å². The van der Waals surface area contributed by atoms with E-state index in [1.54, 1.807) is 13.8 Å². The molecule has 218 valence electrons. The topological polar surface area (TPSA) is 121 Å². The Hall–Kier alpha value is -3.64. The molecule has 0 bridgehead atoms. The lowest BCUT2D eigenvalue weighted by molar-refractivity contribution is -0.141. The first-order chi connectivity index (χ1) is 19.2. The van der Waals surface area contributed by atoms with Crippen LogP contribution in [0.15, 0.2) is 52.8 Å². The van der Waals surface area contributed by atoms with Crippen LogP contribution in [0.2, 0.25) is 10.0 Å². The van der Waals surface area contributed by atoms with Crippen molar-refractivity contribution in [2.24, 2.45) is 10.7 Å². The molecule has 3 heterocycles. The zero-order chi connectivity index (χ0) is 30.2. The van der Waals surface area contributed by atoms with E-state index < -0.39 is 35.8 Å². The lowest BCUT2D eigenvalue weighted by atomic mass is 9.93. The molecule has 2 aromatic rings. The fourth-order valence-corrected chi connectivity index (χ4v) is 5.12. The summed E-state index contributed by atoms with van der Waals surface area (Å²) in [5.74, 6) is -1.50. The number of nitrogens with two attached hydrogens (primary N) is 1. The molecule has 3 amide bonds. The minimum absolute atomic E-state index is 0.0905. The van der Waals surface area contributed by atoms with Gasteiger partial charge in [0.2, 0.25) is 5.91 Å². The molecule has 1 aromatic carbocycles. The van der Waals surface area contributed by atoms with Gasteiger partial charge in [-0.2, -0.15) is 13.2 Å². The van der Waals surface area contributed by atoms with Crippen LogP contribution in [-0.2, 0) is 15.8 Å². The SMILES string of the molecule is CNC(=O)[C@@H]1CN(C(C)c2ccnc(C(F)(F)F)c2)C(=O)C(C2=C(N)C[C@@H](C)N(C(=O)c3ccc(Cl)c(Cl)c3)C2)=N1. The Bertz CT molecular complexity index is 1460. The summed E-state index contributed by atoms with van der Waals surface area (Å²) >= 11 is 12.1. The lowest BCUT2D eigenvalue weighted by Crippen LogP contribution is -2.54. The van der Waals surface area contributed by atoms with Gasteiger partial charge in [-0.15, -0.1) is 0 Å². The van der Waals surface area contributed by atoms with Crippen LogP contribution in [0.4, 0.5) is 13.2 Å². The highest BCUT2D eigenvalue weighted by molar-refractivity contribution is 6.46. The van der Waals surface area contributed by atoms with Gasteiger partial charge in [-0.05, 0) is 49.7 Å². The van der Waals surface area contributed by atoms with E-state index in [1.807, 2.05) is 0 Å². The molecule has 14 heteroatoms. The average molecular weight is 611 g/mol. The quantitative estimate of drug-likeness (QED) is 0.530. The molecular weight excluding hydrogens is 584 g/mol. The van der Waals surface area contributed by atoms with E-state index in [2.05, 4.69) is 15.3 Å². The van der Waals surface area contributed by atoms with Crippen molar-refractivity contribution in [3.8, 4) is 0 Å². The standard InChI is InChI=1S/C27H27Cl2F3N6O3/c1-13-8-20(33)17(11-37(13)25(40)16-4-5-18(28)19(29)9-16)23-26(41)38(12-21(36-23)24(39)34-3)14(2)15-6-7-35-22(10-15)27(30,31)32/h4-7,9-10,13-14,21H,8,11-12,33H2,1-3H3,(H,34,39)/t13-,14?,21+/m1/s1. The summed E-state index contributed by atoms with van der Waals surface area (Å²) in [5, 5.41) is 2.99. The number of benzene rings is 1. The normalized spacial score (nSPS) is 20.6. The maximum atomic E-state index is 13.8. The highest BCUT2D eigenvalue weighted by Crippen LogP contribution is 2.33. The van der Waals surface area contributed by atoms with Crippen LogP contribution in [-0.4, -0.2) is 70.4 Å². The Morgan fingerprint density at radius 1 is 1.17 bits per heavy atom. The van der Waals surface area contributed by atoms with Gasteiger partial charge in [0.1, 0.15) is 17.4 Å². The van der Waals surface area contributed by atoms with Crippen molar-refractivity contribution in [3.05, 3.63) is 74.7 Å². The predicted molar refractivity (Wildman–Crippen MR) is 147 cm³/mol. The summed E-state index contributed by atoms with van der Waals surface area (Å²) in [5.41, 5.74) is 6.18. The van der Waals surface area contributed by atoms with E-state index in [-0.39, 0.29) is 63.9 Å². The monoisotopic (exact) mass is 610 g/mol. The molecule has 3 N–H and O–H groups in total. The number of likely N-dealkylation sites (N-methyl/N-ethyl adjacent to an activating group) is 1. The third-order valence-electron chi connectivity index (χ3n) is 7.17. The molecule has 0 spiro atoms. The van der Waals surface area contributed by atoms with E-state index >= 15 is 0 Å². The molecule has 2 aliphatic heterocycles. The summed E-state index contributed by atoms with van der Waals surface area (Å²) < 4.78 is 40.0. The van der Waals surface area contributed by atoms with E-state index in [0.29, 0.717) is 5.70 Å². The number of aliphatic imine (C=N–C) groups is 1. The van der Waals surface area contributed by atoms with Crippen LogP contribution in [0.3, 0.4) is 0 Å². The van der Waals surface area contributed by atoms with Gasteiger partial charge < -0.3 is 20.9 Å². The molecule has 0 aliphatic carbocycles. The van der Waals surface area contributed by atoms with Crippen molar-refractivity contribution in [2.75, 3.05) is 20.1 Å². The second-order valence-corrected chi connectivity index (χ2v) is 10.6. The smallest absolute Gasteiger partial charge is 0.402 e. The number of carbonyl (C=O) groups is 3. The zero-order valence-corrected chi connectivity index (χ0v) is 23.8. The maximum Gasteiger partial charge on any atom is 0.433 e. The number of hydrogen-bond acceptors (Lipinski definition) is 6. The van der Waals surface area contributed by atoms with Gasteiger partial charge in [-0.3, -0.25) is 24.4 Å². The number of hydrogen-bond donors (Lipinski definition) is 2. The maximum absolute atomic E-state index is 13.8. The number of nitrogens with zero attached hydrogens (tertiary/aromatic N) is 4. The van der Waals surface area contributed by atoms with Crippen molar-refractivity contribution in [1.82, 2.24) is 20.1 Å². The number of aromatic nitrogens is 1. The summed E-state index contributed by atoms with van der Waals surface area (Å²) in [7, 11) is 1.41. The number of nitrogens with one attached hydrogen (secondary N) is 1. The number of alkyl halides is 3. The van der Waals surface area contributed by atoms with Crippen molar-refractivity contribution in [1.29, 1.82) is 0 Å². The molecular formula is C27H27Cl2F3N6O3. The third-order valence-corrected chi connectivity index (χ3v) is 7.91. The molecule has 1 aromatic heterocycles. The second-order valence-electron chi connectivity index (χ2n) is 9.83. The predicted octanol–water partition coefficient (Wildman–Crippen LogP) is 4.01. The molecule has 2 aliphatic rings. The highest BCUT2D eigenvalue weighted by Gasteiger charge is 2.40. The minimum Gasteiger partial charge on any atom is -0.402 e. The Kier molecular flexibility index (Phi) is 8.65. The number of rotatable bonds is 5. The zero-order valence-electron chi connectivity index (χ0n) is 22.3. The van der Waals surface area contributed by atoms with Crippen LogP contribution in [0.1, 0.15) is 47.9 Å². The second kappa shape index (κ2) is 11.7. The summed E-state index contributed by atoms with van der Waals surface area (Å²) in [6, 6.07) is 4.44. The fourth-order valence-electron chi connectivity index (χ4n) is 4.82. The number of pyridine rings is 1. The lowest BCUT2D eigenvalue weighted by Gasteiger charge is -2.39. The van der Waals surface area contributed by atoms with Crippen LogP contribution in [0, 0.1) is 0 Å². The van der Waals surface area contributed by atoms with Gasteiger partial charge in [-0.1, -0.05) is 23.2 Å². The summed E-state index contributed by atoms with van der Waals surface area (Å²) in [6.45, 7) is 3.08. The highest BCUT2D eigenvalue weighted by atomic mass is 35.5. The van der Waals surface area contributed by atoms with Crippen molar-refractivity contribution < 1.29 is 27.6 Å². The minimum atomic E-state index is -4.68. The first-order valence-corrected chi connectivity index (χ1v) is 13.4. The Morgan fingerprint density at radius 2 is 1.88 bits per heavy atom. The molecule has 0 radical (unpaired) electrons. The van der Waals surface area contributed by atoms with Crippen LogP contribution in [0.5, 0.6) is 0 Å². The molecule has 0 saturated heterocycles. The van der Waals surface area contributed by atoms with E-state index in [9.17, 15) is 27.6 Å². The Labute approximate surface area is 244 Å². The molecule has 9 nitrogen and oxygen atoms in total. The van der Waals surface area contributed by atoms with Gasteiger partial charge >= 0.3 is 6.18 Å². The van der Waals surface area contributed by atoms with Crippen molar-refractivity contribution in [2.45, 2.75) is 44.6 Å². The van der Waals surface area contributed by atoms with E-state index in [0.717, 1.165) is 12.3 Å². The molecule has 41 heavy (non-hydrogen) atoms. The van der Waals surface area contributed by atoms with Gasteiger partial charge in [-0.25, -0.2) is 0 Å². The molecule has 0 saturated carbocycles. The Balaban J connectivity index is 1.70.